The molecule has 0 aromatic heterocycles. The molecule has 6 heteroatoms. The number of aliphatic carboxylic acids is 1. The van der Waals surface area contributed by atoms with Crippen LogP contribution in [-0.2, 0) is 14.3 Å². The van der Waals surface area contributed by atoms with Crippen molar-refractivity contribution in [1.29, 1.82) is 0 Å². The smallest absolute Gasteiger partial charge is 0.333 e. The number of carbonyl (C=O) groups is 2. The van der Waals surface area contributed by atoms with E-state index < -0.39 is 36.0 Å². The Hall–Kier alpha value is -1.40. The van der Waals surface area contributed by atoms with Gasteiger partial charge in [-0.2, -0.15) is 0 Å². The molecule has 1 saturated carbocycles. The summed E-state index contributed by atoms with van der Waals surface area (Å²) in [5.74, 6) is -2.57. The van der Waals surface area contributed by atoms with Gasteiger partial charge in [0.15, 0.2) is 0 Å². The first-order valence-electron chi connectivity index (χ1n) is 7.24. The van der Waals surface area contributed by atoms with Gasteiger partial charge < -0.3 is 20.1 Å². The van der Waals surface area contributed by atoms with Crippen LogP contribution in [0.1, 0.15) is 26.7 Å². The summed E-state index contributed by atoms with van der Waals surface area (Å²) in [5.41, 5.74) is -1.36. The molecule has 6 nitrogen and oxygen atoms in total. The van der Waals surface area contributed by atoms with Crippen molar-refractivity contribution in [3.05, 3.63) is 11.6 Å². The van der Waals surface area contributed by atoms with E-state index >= 15 is 0 Å². The fourth-order valence-electron chi connectivity index (χ4n) is 3.62. The number of aliphatic hydroxyl groups excluding tert-OH is 1. The van der Waals surface area contributed by atoms with E-state index in [0.29, 0.717) is 12.8 Å². The van der Waals surface area contributed by atoms with Crippen LogP contribution in [0.2, 0.25) is 0 Å². The molecule has 0 aromatic rings. The molecule has 2 aliphatic rings. The number of carboxylic acids is 1. The molecule has 3 N–H and O–H groups in total. The van der Waals surface area contributed by atoms with Crippen LogP contribution in [0.4, 0.5) is 0 Å². The van der Waals surface area contributed by atoms with E-state index in [2.05, 4.69) is 0 Å². The number of cyclic esters (lactones) is 1. The Labute approximate surface area is 123 Å². The summed E-state index contributed by atoms with van der Waals surface area (Å²) >= 11 is 0. The number of esters is 1. The van der Waals surface area contributed by atoms with E-state index in [4.69, 9.17) is 9.84 Å². The van der Waals surface area contributed by atoms with Crippen molar-refractivity contribution in [3.8, 4) is 0 Å². The van der Waals surface area contributed by atoms with E-state index in [9.17, 15) is 19.8 Å². The van der Waals surface area contributed by atoms with Crippen LogP contribution < -0.4 is 0 Å². The summed E-state index contributed by atoms with van der Waals surface area (Å²) in [4.78, 5) is 23.1. The zero-order valence-electron chi connectivity index (χ0n) is 12.3. The number of hydrogen-bond donors (Lipinski definition) is 3. The van der Waals surface area contributed by atoms with E-state index in [1.165, 1.54) is 6.08 Å². The Bertz CT molecular complexity index is 469. The van der Waals surface area contributed by atoms with Gasteiger partial charge >= 0.3 is 11.9 Å². The summed E-state index contributed by atoms with van der Waals surface area (Å²) in [6.07, 6.45) is 2.60. The second-order valence-corrected chi connectivity index (χ2v) is 6.37. The summed E-state index contributed by atoms with van der Waals surface area (Å²) < 4.78 is 5.01. The van der Waals surface area contributed by atoms with Crippen molar-refractivity contribution in [2.75, 3.05) is 13.2 Å². The van der Waals surface area contributed by atoms with Gasteiger partial charge in [0.25, 0.3) is 0 Å². The van der Waals surface area contributed by atoms with Crippen LogP contribution in [0.25, 0.3) is 0 Å². The third-order valence-electron chi connectivity index (χ3n) is 4.78. The van der Waals surface area contributed by atoms with Crippen LogP contribution >= 0.6 is 0 Å². The van der Waals surface area contributed by atoms with Gasteiger partial charge in [-0.3, -0.25) is 4.79 Å². The maximum Gasteiger partial charge on any atom is 0.333 e. The second-order valence-electron chi connectivity index (χ2n) is 6.37. The van der Waals surface area contributed by atoms with Gasteiger partial charge in [0.2, 0.25) is 0 Å². The third kappa shape index (κ3) is 2.82. The van der Waals surface area contributed by atoms with Crippen molar-refractivity contribution in [1.82, 2.24) is 0 Å². The molecule has 0 spiro atoms. The van der Waals surface area contributed by atoms with Crippen LogP contribution in [0.5, 0.6) is 0 Å². The topological polar surface area (TPSA) is 104 Å². The molecule has 0 radical (unpaired) electrons. The second kappa shape index (κ2) is 5.77. The van der Waals surface area contributed by atoms with Crippen molar-refractivity contribution >= 4 is 11.9 Å². The number of ether oxygens (including phenoxy) is 1. The average Bonchev–Trinajstić information content (AvgIpc) is 2.71. The number of allylic oxidation sites excluding steroid dienone is 1. The molecule has 1 heterocycles. The molecule has 0 aromatic carbocycles. The lowest BCUT2D eigenvalue weighted by Crippen LogP contribution is -2.49. The van der Waals surface area contributed by atoms with Crippen molar-refractivity contribution in [2.45, 2.75) is 32.3 Å². The molecule has 21 heavy (non-hydrogen) atoms. The predicted octanol–water partition coefficient (Wildman–Crippen LogP) is 0.576. The van der Waals surface area contributed by atoms with Crippen LogP contribution in [-0.4, -0.2) is 46.1 Å². The first-order chi connectivity index (χ1) is 9.80. The van der Waals surface area contributed by atoms with Crippen LogP contribution in [0.3, 0.4) is 0 Å². The Kier molecular flexibility index (Phi) is 4.39. The number of hydrogen-bond acceptors (Lipinski definition) is 5. The SMILES string of the molecule is CC(C)[C@H]1CC[C@@]2(O)COC(=O)[C@H]2[C@@H]1/C=C(\CO)C(=O)O. The van der Waals surface area contributed by atoms with Gasteiger partial charge in [-0.15, -0.1) is 0 Å². The lowest BCUT2D eigenvalue weighted by atomic mass is 9.62. The molecular weight excluding hydrogens is 276 g/mol. The molecule has 2 rings (SSSR count). The molecule has 1 aliphatic carbocycles. The summed E-state index contributed by atoms with van der Waals surface area (Å²) in [6, 6.07) is 0. The number of carbonyl (C=O) groups excluding carboxylic acids is 1. The summed E-state index contributed by atoms with van der Waals surface area (Å²) in [6.45, 7) is 3.38. The highest BCUT2D eigenvalue weighted by molar-refractivity contribution is 5.87. The Morgan fingerprint density at radius 1 is 1.52 bits per heavy atom. The zero-order chi connectivity index (χ0) is 15.8. The standard InChI is InChI=1S/C15H22O6/c1-8(2)10-3-4-15(20)7-21-14(19)12(15)11(10)5-9(6-16)13(17)18/h5,8,10-12,16,20H,3-4,6-7H2,1-2H3,(H,17,18)/b9-5+/t10-,11-,12-,15-/m1/s1. The Morgan fingerprint density at radius 3 is 2.71 bits per heavy atom. The van der Waals surface area contributed by atoms with Gasteiger partial charge in [-0.05, 0) is 30.6 Å². The molecular formula is C15H22O6. The maximum atomic E-state index is 12.0. The quantitative estimate of drug-likeness (QED) is 0.518. The van der Waals surface area contributed by atoms with Crippen LogP contribution in [0.15, 0.2) is 11.6 Å². The summed E-state index contributed by atoms with van der Waals surface area (Å²) in [5, 5.41) is 28.9. The van der Waals surface area contributed by atoms with Crippen LogP contribution in [0, 0.1) is 23.7 Å². The normalized spacial score (nSPS) is 36.5. The maximum absolute atomic E-state index is 12.0. The minimum Gasteiger partial charge on any atom is -0.478 e. The monoisotopic (exact) mass is 298 g/mol. The highest BCUT2D eigenvalue weighted by atomic mass is 16.6. The molecule has 0 bridgehead atoms. The largest absolute Gasteiger partial charge is 0.478 e. The molecule has 0 unspecified atom stereocenters. The molecule has 118 valence electrons. The van der Waals surface area contributed by atoms with Gasteiger partial charge in [0, 0.05) is 0 Å². The molecule has 1 aliphatic heterocycles. The lowest BCUT2D eigenvalue weighted by molar-refractivity contribution is -0.145. The van der Waals surface area contributed by atoms with Gasteiger partial charge in [-0.25, -0.2) is 4.79 Å². The van der Waals surface area contributed by atoms with E-state index in [-0.39, 0.29) is 24.0 Å². The Morgan fingerprint density at radius 2 is 2.19 bits per heavy atom. The molecule has 2 fully saturated rings. The molecule has 0 amide bonds. The van der Waals surface area contributed by atoms with Gasteiger partial charge in [0.1, 0.15) is 12.2 Å². The van der Waals surface area contributed by atoms with E-state index in [1.807, 2.05) is 13.8 Å². The Balaban J connectivity index is 2.42. The number of carboxylic acid groups (broad SMARTS) is 1. The van der Waals surface area contributed by atoms with Crippen molar-refractivity contribution in [2.24, 2.45) is 23.7 Å². The molecule has 4 atom stereocenters. The minimum absolute atomic E-state index is 0.0345. The highest BCUT2D eigenvalue weighted by Crippen LogP contribution is 2.48. The first-order valence-corrected chi connectivity index (χ1v) is 7.24. The lowest BCUT2D eigenvalue weighted by Gasteiger charge is -2.42. The fraction of sp³-hybridized carbons (Fsp3) is 0.733. The number of fused-ring (bicyclic) bond motifs is 1. The fourth-order valence-corrected chi connectivity index (χ4v) is 3.62. The zero-order valence-corrected chi connectivity index (χ0v) is 12.3. The first kappa shape index (κ1) is 16.0. The van der Waals surface area contributed by atoms with Gasteiger partial charge in [-0.1, -0.05) is 19.9 Å². The third-order valence-corrected chi connectivity index (χ3v) is 4.78. The van der Waals surface area contributed by atoms with E-state index in [0.717, 1.165) is 0 Å². The highest BCUT2D eigenvalue weighted by Gasteiger charge is 2.57. The predicted molar refractivity (Wildman–Crippen MR) is 73.3 cm³/mol. The van der Waals surface area contributed by atoms with Gasteiger partial charge in [0.05, 0.1) is 18.1 Å². The van der Waals surface area contributed by atoms with Crippen molar-refractivity contribution in [3.63, 3.8) is 0 Å². The number of aliphatic hydroxyl groups is 2. The minimum atomic E-state index is -1.22. The summed E-state index contributed by atoms with van der Waals surface area (Å²) in [7, 11) is 0. The average molecular weight is 298 g/mol. The number of rotatable bonds is 4. The molecule has 1 saturated heterocycles. The van der Waals surface area contributed by atoms with Crippen molar-refractivity contribution < 1.29 is 29.6 Å². The van der Waals surface area contributed by atoms with E-state index in [1.54, 1.807) is 0 Å².